The number of carbonyl (C=O) groups is 1. The van der Waals surface area contributed by atoms with Crippen LogP contribution in [0.5, 0.6) is 11.6 Å². The van der Waals surface area contributed by atoms with Crippen molar-refractivity contribution in [3.63, 3.8) is 0 Å². The molecule has 0 spiro atoms. The molecule has 2 heterocycles. The van der Waals surface area contributed by atoms with Gasteiger partial charge in [0.25, 0.3) is 5.91 Å². The maximum Gasteiger partial charge on any atom is 0.425 e. The summed E-state index contributed by atoms with van der Waals surface area (Å²) in [6.07, 6.45) is -1.64. The number of aryl methyl sites for hydroxylation is 1. The second-order valence-electron chi connectivity index (χ2n) is 9.03. The first-order valence-electron chi connectivity index (χ1n) is 11.8. The average molecular weight is 567 g/mol. The van der Waals surface area contributed by atoms with Gasteiger partial charge in [0.05, 0.1) is 28.6 Å². The SMILES string of the molecule is CCn1nc(C(=O)NC[C@H]2CC[C@H](S(C)(=O)=O)CC2)c(Cl)c1-c1cnc(O[C@H](C)C(F)(F)F)cc1OC. The van der Waals surface area contributed by atoms with Gasteiger partial charge in [0.1, 0.15) is 15.6 Å². The molecule has 1 aliphatic carbocycles. The van der Waals surface area contributed by atoms with Gasteiger partial charge >= 0.3 is 6.18 Å². The maximum absolute atomic E-state index is 12.9. The number of halogens is 4. The molecule has 0 unspecified atom stereocenters. The maximum atomic E-state index is 12.9. The monoisotopic (exact) mass is 566 g/mol. The summed E-state index contributed by atoms with van der Waals surface area (Å²) in [6, 6.07) is 1.22. The van der Waals surface area contributed by atoms with Crippen molar-refractivity contribution in [1.82, 2.24) is 20.1 Å². The fourth-order valence-electron chi connectivity index (χ4n) is 4.23. The molecule has 1 N–H and O–H groups in total. The van der Waals surface area contributed by atoms with Gasteiger partial charge in [0.15, 0.2) is 11.8 Å². The zero-order valence-electron chi connectivity index (χ0n) is 20.9. The zero-order valence-corrected chi connectivity index (χ0v) is 22.5. The summed E-state index contributed by atoms with van der Waals surface area (Å²) in [6.45, 7) is 3.35. The molecule has 2 aromatic heterocycles. The van der Waals surface area contributed by atoms with Gasteiger partial charge in [-0.15, -0.1) is 0 Å². The molecule has 2 aromatic rings. The molecule has 0 bridgehead atoms. The van der Waals surface area contributed by atoms with Gasteiger partial charge in [-0.3, -0.25) is 9.48 Å². The van der Waals surface area contributed by atoms with Crippen molar-refractivity contribution in [2.45, 2.75) is 63.6 Å². The summed E-state index contributed by atoms with van der Waals surface area (Å²) in [7, 11) is -1.74. The predicted octanol–water partition coefficient (Wildman–Crippen LogP) is 4.29. The number of rotatable bonds is 9. The Hall–Kier alpha value is -2.54. The Morgan fingerprint density at radius 2 is 1.95 bits per heavy atom. The number of sulfone groups is 1. The fourth-order valence-corrected chi connectivity index (χ4v) is 5.69. The molecule has 1 saturated carbocycles. The molecule has 9 nitrogen and oxygen atoms in total. The number of hydrogen-bond donors (Lipinski definition) is 1. The Kier molecular flexibility index (Phi) is 8.99. The smallest absolute Gasteiger partial charge is 0.425 e. The minimum Gasteiger partial charge on any atom is -0.496 e. The van der Waals surface area contributed by atoms with Crippen LogP contribution in [0.4, 0.5) is 13.2 Å². The van der Waals surface area contributed by atoms with Crippen LogP contribution in [-0.4, -0.2) is 66.5 Å². The van der Waals surface area contributed by atoms with E-state index in [0.29, 0.717) is 50.0 Å². The highest BCUT2D eigenvalue weighted by atomic mass is 35.5. The number of ether oxygens (including phenoxy) is 2. The van der Waals surface area contributed by atoms with Gasteiger partial charge < -0.3 is 14.8 Å². The largest absolute Gasteiger partial charge is 0.496 e. The van der Waals surface area contributed by atoms with E-state index in [4.69, 9.17) is 21.1 Å². The molecular formula is C23H30ClF3N4O5S. The van der Waals surface area contributed by atoms with Crippen molar-refractivity contribution >= 4 is 27.3 Å². The molecule has 206 valence electrons. The lowest BCUT2D eigenvalue weighted by Crippen LogP contribution is -2.34. The minimum absolute atomic E-state index is 0.0172. The number of alkyl halides is 3. The Morgan fingerprint density at radius 3 is 2.49 bits per heavy atom. The predicted molar refractivity (Wildman–Crippen MR) is 132 cm³/mol. The summed E-state index contributed by atoms with van der Waals surface area (Å²) < 4.78 is 73.8. The number of pyridine rings is 1. The normalized spacial score (nSPS) is 19.4. The number of carbonyl (C=O) groups excluding carboxylic acids is 1. The highest BCUT2D eigenvalue weighted by Crippen LogP contribution is 2.38. The Labute approximate surface area is 218 Å². The summed E-state index contributed by atoms with van der Waals surface area (Å²) in [5.74, 6) is -0.489. The summed E-state index contributed by atoms with van der Waals surface area (Å²) >= 11 is 6.57. The van der Waals surface area contributed by atoms with Gasteiger partial charge in [-0.05, 0) is 45.4 Å². The summed E-state index contributed by atoms with van der Waals surface area (Å²) in [5, 5.41) is 6.85. The lowest BCUT2D eigenvalue weighted by atomic mass is 9.89. The molecule has 14 heteroatoms. The van der Waals surface area contributed by atoms with Crippen LogP contribution in [0.2, 0.25) is 5.02 Å². The van der Waals surface area contributed by atoms with E-state index in [0.717, 1.165) is 6.92 Å². The van der Waals surface area contributed by atoms with Crippen molar-refractivity contribution in [3.05, 3.63) is 23.0 Å². The molecule has 1 fully saturated rings. The molecule has 0 aromatic carbocycles. The van der Waals surface area contributed by atoms with Crippen LogP contribution in [0.25, 0.3) is 11.3 Å². The standard InChI is InChI=1S/C23H30ClF3N4O5S/c1-5-31-21(16-12-28-18(10-17(16)35-3)36-13(2)23(25,26)27)19(24)20(30-31)22(32)29-11-14-6-8-15(9-7-14)37(4,33)34/h10,12-15H,5-9,11H2,1-4H3,(H,29,32)/t13-,14-,15-/m1/s1. The van der Waals surface area contributed by atoms with Gasteiger partial charge in [-0.1, -0.05) is 11.6 Å². The van der Waals surface area contributed by atoms with Crippen molar-refractivity contribution in [2.24, 2.45) is 5.92 Å². The van der Waals surface area contributed by atoms with Crippen molar-refractivity contribution in [2.75, 3.05) is 19.9 Å². The van der Waals surface area contributed by atoms with Crippen LogP contribution in [0, 0.1) is 5.92 Å². The van der Waals surface area contributed by atoms with E-state index in [9.17, 15) is 26.4 Å². The van der Waals surface area contributed by atoms with Crippen molar-refractivity contribution in [1.29, 1.82) is 0 Å². The van der Waals surface area contributed by atoms with Gasteiger partial charge in [-0.2, -0.15) is 18.3 Å². The highest BCUT2D eigenvalue weighted by molar-refractivity contribution is 7.91. The molecule has 0 aliphatic heterocycles. The first-order valence-corrected chi connectivity index (χ1v) is 14.1. The third kappa shape index (κ3) is 6.86. The highest BCUT2D eigenvalue weighted by Gasteiger charge is 2.38. The van der Waals surface area contributed by atoms with Crippen molar-refractivity contribution in [3.8, 4) is 22.9 Å². The average Bonchev–Trinajstić information content (AvgIpc) is 3.17. The molecule has 1 aliphatic rings. The molecule has 0 saturated heterocycles. The molecule has 1 atom stereocenters. The van der Waals surface area contributed by atoms with Crippen LogP contribution in [-0.2, 0) is 16.4 Å². The van der Waals surface area contributed by atoms with E-state index in [1.807, 2.05) is 0 Å². The Bertz CT molecular complexity index is 1230. The quantitative estimate of drug-likeness (QED) is 0.482. The lowest BCUT2D eigenvalue weighted by molar-refractivity contribution is -0.190. The van der Waals surface area contributed by atoms with Gasteiger partial charge in [-0.25, -0.2) is 13.4 Å². The van der Waals surface area contributed by atoms with E-state index in [-0.39, 0.29) is 33.5 Å². The third-order valence-electron chi connectivity index (χ3n) is 6.43. The molecule has 37 heavy (non-hydrogen) atoms. The third-order valence-corrected chi connectivity index (χ3v) is 8.47. The Morgan fingerprint density at radius 1 is 1.30 bits per heavy atom. The van der Waals surface area contributed by atoms with E-state index in [1.54, 1.807) is 6.92 Å². The van der Waals surface area contributed by atoms with Gasteiger partial charge in [0, 0.05) is 31.6 Å². The van der Waals surface area contributed by atoms with Crippen LogP contribution < -0.4 is 14.8 Å². The number of nitrogens with zero attached hydrogens (tertiary/aromatic N) is 3. The van der Waals surface area contributed by atoms with Gasteiger partial charge in [0.2, 0.25) is 5.88 Å². The van der Waals surface area contributed by atoms with E-state index >= 15 is 0 Å². The van der Waals surface area contributed by atoms with Crippen LogP contribution in [0.1, 0.15) is 50.0 Å². The number of nitrogens with one attached hydrogen (secondary N) is 1. The number of hydrogen-bond acceptors (Lipinski definition) is 7. The summed E-state index contributed by atoms with van der Waals surface area (Å²) in [5.41, 5.74) is 0.631. The second-order valence-corrected chi connectivity index (χ2v) is 11.7. The van der Waals surface area contributed by atoms with E-state index < -0.39 is 28.0 Å². The number of aromatic nitrogens is 3. The van der Waals surface area contributed by atoms with E-state index in [2.05, 4.69) is 15.4 Å². The van der Waals surface area contributed by atoms with Crippen molar-refractivity contribution < 1.29 is 35.9 Å². The lowest BCUT2D eigenvalue weighted by Gasteiger charge is -2.27. The first kappa shape index (κ1) is 29.0. The molecule has 0 radical (unpaired) electrons. The first-order chi connectivity index (χ1) is 17.3. The molecule has 1 amide bonds. The van der Waals surface area contributed by atoms with Crippen LogP contribution in [0.3, 0.4) is 0 Å². The van der Waals surface area contributed by atoms with Crippen LogP contribution in [0.15, 0.2) is 12.3 Å². The number of amides is 1. The van der Waals surface area contributed by atoms with E-state index in [1.165, 1.54) is 30.3 Å². The Balaban J connectivity index is 1.78. The molecular weight excluding hydrogens is 537 g/mol. The second kappa shape index (κ2) is 11.5. The molecule has 3 rings (SSSR count). The minimum atomic E-state index is -4.56. The topological polar surface area (TPSA) is 112 Å². The van der Waals surface area contributed by atoms with Crippen LogP contribution >= 0.6 is 11.6 Å². The zero-order chi connectivity index (χ0) is 27.5. The number of methoxy groups -OCH3 is 1. The fraction of sp³-hybridized carbons (Fsp3) is 0.609. The summed E-state index contributed by atoms with van der Waals surface area (Å²) in [4.78, 5) is 16.9.